The van der Waals surface area contributed by atoms with E-state index in [1.54, 1.807) is 24.3 Å². The zero-order valence-electron chi connectivity index (χ0n) is 17.0. The van der Waals surface area contributed by atoms with Crippen LogP contribution in [0.15, 0.2) is 78.9 Å². The molecule has 31 heavy (non-hydrogen) atoms. The normalized spacial score (nSPS) is 10.9. The highest BCUT2D eigenvalue weighted by Crippen LogP contribution is 2.17. The number of hydrogen-bond acceptors (Lipinski definition) is 4. The van der Waals surface area contributed by atoms with Crippen LogP contribution in [0.3, 0.4) is 0 Å². The van der Waals surface area contributed by atoms with E-state index >= 15 is 0 Å². The van der Waals surface area contributed by atoms with E-state index < -0.39 is 15.9 Å². The number of carbonyl (C=O) groups excluding carboxylic acids is 2. The fourth-order valence-electron chi connectivity index (χ4n) is 2.95. The molecule has 3 aromatic rings. The average molecular weight is 438 g/mol. The summed E-state index contributed by atoms with van der Waals surface area (Å²) < 4.78 is 24.9. The highest BCUT2D eigenvalue weighted by atomic mass is 32.2. The van der Waals surface area contributed by atoms with E-state index in [1.807, 2.05) is 30.3 Å². The SMILES string of the molecule is CS(=O)(=O)Nc1ccc(C(=O)Nc2ccccc2C(=O)NCCc2ccccc2)cc1. The van der Waals surface area contributed by atoms with Crippen LogP contribution in [-0.2, 0) is 16.4 Å². The number of amides is 2. The molecule has 0 aliphatic carbocycles. The van der Waals surface area contributed by atoms with E-state index in [1.165, 1.54) is 24.3 Å². The van der Waals surface area contributed by atoms with Gasteiger partial charge in [-0.2, -0.15) is 0 Å². The van der Waals surface area contributed by atoms with Crippen molar-refractivity contribution in [1.29, 1.82) is 0 Å². The Morgan fingerprint density at radius 1 is 0.806 bits per heavy atom. The summed E-state index contributed by atoms with van der Waals surface area (Å²) in [4.78, 5) is 25.2. The lowest BCUT2D eigenvalue weighted by Crippen LogP contribution is -2.27. The number of nitrogens with one attached hydrogen (secondary N) is 3. The minimum absolute atomic E-state index is 0.278. The van der Waals surface area contributed by atoms with Crippen LogP contribution in [0.1, 0.15) is 26.3 Å². The summed E-state index contributed by atoms with van der Waals surface area (Å²) in [7, 11) is -3.39. The van der Waals surface area contributed by atoms with Gasteiger partial charge < -0.3 is 10.6 Å². The molecule has 8 heteroatoms. The molecular weight excluding hydrogens is 414 g/mol. The van der Waals surface area contributed by atoms with Gasteiger partial charge in [0.05, 0.1) is 17.5 Å². The Kier molecular flexibility index (Phi) is 7.04. The van der Waals surface area contributed by atoms with Gasteiger partial charge in [-0.05, 0) is 48.4 Å². The van der Waals surface area contributed by atoms with Gasteiger partial charge in [-0.15, -0.1) is 0 Å². The summed E-state index contributed by atoms with van der Waals surface area (Å²) in [5, 5.41) is 5.62. The Hall–Kier alpha value is -3.65. The first kappa shape index (κ1) is 22.0. The van der Waals surface area contributed by atoms with Crippen molar-refractivity contribution in [1.82, 2.24) is 5.32 Å². The maximum Gasteiger partial charge on any atom is 0.255 e. The lowest BCUT2D eigenvalue weighted by molar-refractivity contribution is 0.0955. The van der Waals surface area contributed by atoms with Crippen LogP contribution in [0.5, 0.6) is 0 Å². The highest BCUT2D eigenvalue weighted by molar-refractivity contribution is 7.92. The lowest BCUT2D eigenvalue weighted by Gasteiger charge is -2.12. The molecule has 0 spiro atoms. The topological polar surface area (TPSA) is 104 Å². The van der Waals surface area contributed by atoms with Crippen molar-refractivity contribution in [3.63, 3.8) is 0 Å². The van der Waals surface area contributed by atoms with Crippen LogP contribution in [0.4, 0.5) is 11.4 Å². The molecule has 0 fully saturated rings. The predicted octanol–water partition coefficient (Wildman–Crippen LogP) is 3.28. The van der Waals surface area contributed by atoms with Crippen molar-refractivity contribution in [2.75, 3.05) is 22.8 Å². The van der Waals surface area contributed by atoms with Gasteiger partial charge in [0.25, 0.3) is 11.8 Å². The van der Waals surface area contributed by atoms with Crippen molar-refractivity contribution in [2.24, 2.45) is 0 Å². The van der Waals surface area contributed by atoms with Crippen molar-refractivity contribution in [3.8, 4) is 0 Å². The molecule has 0 atom stereocenters. The van der Waals surface area contributed by atoms with Gasteiger partial charge in [0.2, 0.25) is 10.0 Å². The second-order valence-electron chi connectivity index (χ2n) is 6.94. The van der Waals surface area contributed by atoms with Crippen molar-refractivity contribution in [2.45, 2.75) is 6.42 Å². The molecule has 3 aromatic carbocycles. The largest absolute Gasteiger partial charge is 0.352 e. The lowest BCUT2D eigenvalue weighted by atomic mass is 10.1. The summed E-state index contributed by atoms with van der Waals surface area (Å²) in [5.41, 5.74) is 2.57. The Morgan fingerprint density at radius 2 is 1.45 bits per heavy atom. The first-order chi connectivity index (χ1) is 14.8. The van der Waals surface area contributed by atoms with Crippen LogP contribution >= 0.6 is 0 Å². The molecule has 2 amide bonds. The Balaban J connectivity index is 1.64. The smallest absolute Gasteiger partial charge is 0.255 e. The highest BCUT2D eigenvalue weighted by Gasteiger charge is 2.14. The Labute approximate surface area is 181 Å². The monoisotopic (exact) mass is 437 g/mol. The minimum atomic E-state index is -3.39. The number of rotatable bonds is 8. The van der Waals surface area contributed by atoms with E-state index in [2.05, 4.69) is 15.4 Å². The maximum absolute atomic E-state index is 12.6. The zero-order valence-corrected chi connectivity index (χ0v) is 17.8. The predicted molar refractivity (Wildman–Crippen MR) is 122 cm³/mol. The van der Waals surface area contributed by atoms with Crippen LogP contribution in [-0.4, -0.2) is 33.0 Å². The summed E-state index contributed by atoms with van der Waals surface area (Å²) in [5.74, 6) is -0.685. The number of anilines is 2. The fourth-order valence-corrected chi connectivity index (χ4v) is 3.51. The third-order valence-corrected chi connectivity index (χ3v) is 5.02. The van der Waals surface area contributed by atoms with E-state index in [-0.39, 0.29) is 5.91 Å². The molecule has 0 saturated heterocycles. The van der Waals surface area contributed by atoms with Crippen molar-refractivity contribution < 1.29 is 18.0 Å². The molecule has 3 rings (SSSR count). The zero-order chi connectivity index (χ0) is 22.3. The second kappa shape index (κ2) is 9.90. The van der Waals surface area contributed by atoms with Gasteiger partial charge in [0, 0.05) is 17.8 Å². The van der Waals surface area contributed by atoms with Crippen LogP contribution in [0, 0.1) is 0 Å². The van der Waals surface area contributed by atoms with E-state index in [0.717, 1.165) is 11.8 Å². The third-order valence-electron chi connectivity index (χ3n) is 4.41. The van der Waals surface area contributed by atoms with Gasteiger partial charge in [-0.3, -0.25) is 14.3 Å². The first-order valence-electron chi connectivity index (χ1n) is 9.62. The van der Waals surface area contributed by atoms with Crippen LogP contribution in [0.2, 0.25) is 0 Å². The van der Waals surface area contributed by atoms with Gasteiger partial charge >= 0.3 is 0 Å². The van der Waals surface area contributed by atoms with Crippen LogP contribution in [0.25, 0.3) is 0 Å². The van der Waals surface area contributed by atoms with E-state index in [0.29, 0.717) is 35.5 Å². The first-order valence-corrected chi connectivity index (χ1v) is 11.5. The molecule has 0 heterocycles. The molecule has 0 radical (unpaired) electrons. The molecule has 7 nitrogen and oxygen atoms in total. The second-order valence-corrected chi connectivity index (χ2v) is 8.69. The average Bonchev–Trinajstić information content (AvgIpc) is 2.74. The summed E-state index contributed by atoms with van der Waals surface area (Å²) >= 11 is 0. The van der Waals surface area contributed by atoms with E-state index in [4.69, 9.17) is 0 Å². The van der Waals surface area contributed by atoms with Crippen molar-refractivity contribution >= 4 is 33.2 Å². The standard InChI is InChI=1S/C23H23N3O4S/c1-31(29,30)26-19-13-11-18(12-14-19)22(27)25-21-10-6-5-9-20(21)23(28)24-16-15-17-7-3-2-4-8-17/h2-14,26H,15-16H2,1H3,(H,24,28)(H,25,27). The molecule has 0 bridgehead atoms. The molecule has 3 N–H and O–H groups in total. The number of hydrogen-bond donors (Lipinski definition) is 3. The van der Waals surface area contributed by atoms with Crippen LogP contribution < -0.4 is 15.4 Å². The van der Waals surface area contributed by atoms with Crippen molar-refractivity contribution in [3.05, 3.63) is 95.6 Å². The maximum atomic E-state index is 12.6. The molecule has 160 valence electrons. The number of para-hydroxylation sites is 1. The quantitative estimate of drug-likeness (QED) is 0.503. The van der Waals surface area contributed by atoms with Gasteiger partial charge in [0.1, 0.15) is 0 Å². The fraction of sp³-hybridized carbons (Fsp3) is 0.130. The molecule has 0 aliphatic heterocycles. The molecule has 0 aromatic heterocycles. The minimum Gasteiger partial charge on any atom is -0.352 e. The Morgan fingerprint density at radius 3 is 2.13 bits per heavy atom. The van der Waals surface area contributed by atoms with Gasteiger partial charge in [0.15, 0.2) is 0 Å². The summed E-state index contributed by atoms with van der Waals surface area (Å²) in [6.45, 7) is 0.472. The third kappa shape index (κ3) is 6.68. The number of sulfonamides is 1. The van der Waals surface area contributed by atoms with Gasteiger partial charge in [-0.1, -0.05) is 42.5 Å². The Bertz CT molecular complexity index is 1160. The summed E-state index contributed by atoms with van der Waals surface area (Å²) in [6.07, 6.45) is 1.75. The number of carbonyl (C=O) groups is 2. The van der Waals surface area contributed by atoms with E-state index in [9.17, 15) is 18.0 Å². The molecule has 0 aliphatic rings. The van der Waals surface area contributed by atoms with Gasteiger partial charge in [-0.25, -0.2) is 8.42 Å². The summed E-state index contributed by atoms with van der Waals surface area (Å²) in [6, 6.07) is 22.6. The molecule has 0 unspecified atom stereocenters. The molecular formula is C23H23N3O4S. The molecule has 0 saturated carbocycles. The number of benzene rings is 3.